The molecule has 0 saturated heterocycles. The van der Waals surface area contributed by atoms with Gasteiger partial charge in [0.25, 0.3) is 0 Å². The van der Waals surface area contributed by atoms with Gasteiger partial charge >= 0.3 is 0 Å². The van der Waals surface area contributed by atoms with Crippen LogP contribution < -0.4 is 0 Å². The quantitative estimate of drug-likeness (QED) is 0.544. The van der Waals surface area contributed by atoms with E-state index in [4.69, 9.17) is 0 Å². The summed E-state index contributed by atoms with van der Waals surface area (Å²) in [5.74, 6) is 0. The van der Waals surface area contributed by atoms with Crippen molar-refractivity contribution in [2.45, 2.75) is 34.1 Å². The molecule has 14 heavy (non-hydrogen) atoms. The maximum absolute atomic E-state index is 2.51. The van der Waals surface area contributed by atoms with Crippen LogP contribution in [0, 0.1) is 0 Å². The average Bonchev–Trinajstić information content (AvgIpc) is 2.24. The fraction of sp³-hybridized carbons (Fsp3) is 1.00. The zero-order chi connectivity index (χ0) is 11.0. The van der Waals surface area contributed by atoms with E-state index in [-0.39, 0.29) is 0 Å². The van der Waals surface area contributed by atoms with Crippen LogP contribution in [0.4, 0.5) is 0 Å². The van der Waals surface area contributed by atoms with E-state index in [0.29, 0.717) is 0 Å². The average molecular weight is 201 g/mol. The van der Waals surface area contributed by atoms with Crippen molar-refractivity contribution >= 4 is 0 Å². The van der Waals surface area contributed by atoms with Crippen LogP contribution in [0.3, 0.4) is 0 Å². The van der Waals surface area contributed by atoms with Crippen LogP contribution in [0.2, 0.25) is 0 Å². The van der Waals surface area contributed by atoms with Gasteiger partial charge in [0.15, 0.2) is 0 Å². The summed E-state index contributed by atoms with van der Waals surface area (Å²) < 4.78 is 1.22. The summed E-state index contributed by atoms with van der Waals surface area (Å²) >= 11 is 0. The summed E-state index contributed by atoms with van der Waals surface area (Å²) in [7, 11) is 2.36. The van der Waals surface area contributed by atoms with Gasteiger partial charge in [-0.15, -0.1) is 0 Å². The fourth-order valence-electron chi connectivity index (χ4n) is 1.76. The maximum atomic E-state index is 2.51. The first-order valence-electron chi connectivity index (χ1n) is 6.17. The Kier molecular flexibility index (Phi) is 7.20. The van der Waals surface area contributed by atoms with E-state index >= 15 is 0 Å². The van der Waals surface area contributed by atoms with E-state index in [0.717, 1.165) is 0 Å². The summed E-state index contributed by atoms with van der Waals surface area (Å²) in [5, 5.41) is 0. The van der Waals surface area contributed by atoms with E-state index < -0.39 is 0 Å². The molecule has 0 N–H and O–H groups in total. The third-order valence-corrected chi connectivity index (χ3v) is 3.59. The second kappa shape index (κ2) is 7.24. The molecule has 0 radical (unpaired) electrons. The van der Waals surface area contributed by atoms with Gasteiger partial charge in [0.2, 0.25) is 0 Å². The third-order valence-electron chi connectivity index (χ3n) is 3.59. The highest BCUT2D eigenvalue weighted by Crippen LogP contribution is 2.03. The monoisotopic (exact) mass is 201 g/mol. The molecule has 86 valence electrons. The molecule has 0 amide bonds. The van der Waals surface area contributed by atoms with E-state index in [9.17, 15) is 0 Å². The molecular formula is C12H29N2+. The Morgan fingerprint density at radius 1 is 0.929 bits per heavy atom. The van der Waals surface area contributed by atoms with Gasteiger partial charge in [0.05, 0.1) is 26.7 Å². The first-order chi connectivity index (χ1) is 6.61. The highest BCUT2D eigenvalue weighted by molar-refractivity contribution is 4.51. The van der Waals surface area contributed by atoms with Crippen LogP contribution in [0.25, 0.3) is 0 Å². The molecule has 0 rings (SSSR count). The third kappa shape index (κ3) is 4.97. The number of nitrogens with zero attached hydrogens (tertiary/aromatic N) is 2. The molecule has 0 fully saturated rings. The lowest BCUT2D eigenvalue weighted by molar-refractivity contribution is -0.906. The summed E-state index contributed by atoms with van der Waals surface area (Å²) in [5.41, 5.74) is 0. The van der Waals surface area contributed by atoms with E-state index in [1.807, 2.05) is 0 Å². The normalized spacial score (nSPS) is 12.4. The lowest BCUT2D eigenvalue weighted by Crippen LogP contribution is -2.45. The van der Waals surface area contributed by atoms with Crippen molar-refractivity contribution in [3.8, 4) is 0 Å². The molecule has 2 heteroatoms. The SMILES string of the molecule is CCN(CC)CCC[N+](C)(CC)CC. The molecule has 0 atom stereocenters. The summed E-state index contributed by atoms with van der Waals surface area (Å²) in [6, 6.07) is 0. The molecule has 0 heterocycles. The van der Waals surface area contributed by atoms with Crippen LogP contribution in [0.1, 0.15) is 34.1 Å². The molecule has 0 aliphatic rings. The second-order valence-electron chi connectivity index (χ2n) is 4.36. The predicted molar refractivity (Wildman–Crippen MR) is 64.5 cm³/mol. The van der Waals surface area contributed by atoms with Crippen molar-refractivity contribution in [1.29, 1.82) is 0 Å². The van der Waals surface area contributed by atoms with Crippen LogP contribution in [-0.4, -0.2) is 55.7 Å². The molecule has 0 unspecified atom stereocenters. The smallest absolute Gasteiger partial charge is 0.0796 e. The van der Waals surface area contributed by atoms with Gasteiger partial charge in [-0.1, -0.05) is 13.8 Å². The Morgan fingerprint density at radius 2 is 1.43 bits per heavy atom. The fourth-order valence-corrected chi connectivity index (χ4v) is 1.76. The molecule has 0 spiro atoms. The predicted octanol–water partition coefficient (Wildman–Crippen LogP) is 2.20. The molecule has 0 aromatic rings. The lowest BCUT2D eigenvalue weighted by atomic mass is 10.3. The highest BCUT2D eigenvalue weighted by Gasteiger charge is 2.15. The molecule has 0 bridgehead atoms. The van der Waals surface area contributed by atoms with Crippen LogP contribution in [0.5, 0.6) is 0 Å². The largest absolute Gasteiger partial charge is 0.326 e. The first kappa shape index (κ1) is 13.9. The van der Waals surface area contributed by atoms with Gasteiger partial charge in [0.1, 0.15) is 0 Å². The van der Waals surface area contributed by atoms with Crippen LogP contribution >= 0.6 is 0 Å². The zero-order valence-electron chi connectivity index (χ0n) is 10.8. The van der Waals surface area contributed by atoms with Crippen molar-refractivity contribution in [3.63, 3.8) is 0 Å². The summed E-state index contributed by atoms with van der Waals surface area (Å²) in [6.07, 6.45) is 1.33. The molecule has 0 saturated carbocycles. The minimum absolute atomic E-state index is 1.19. The Hall–Kier alpha value is -0.0800. The van der Waals surface area contributed by atoms with Crippen LogP contribution in [-0.2, 0) is 0 Å². The zero-order valence-corrected chi connectivity index (χ0v) is 10.8. The Morgan fingerprint density at radius 3 is 1.79 bits per heavy atom. The van der Waals surface area contributed by atoms with Gasteiger partial charge in [-0.3, -0.25) is 0 Å². The Balaban J connectivity index is 3.70. The minimum atomic E-state index is 1.19. The Labute approximate surface area is 90.5 Å². The first-order valence-corrected chi connectivity index (χ1v) is 6.17. The van der Waals surface area contributed by atoms with E-state index in [1.165, 1.54) is 50.2 Å². The van der Waals surface area contributed by atoms with Crippen molar-refractivity contribution in [2.24, 2.45) is 0 Å². The van der Waals surface area contributed by atoms with Crippen molar-refractivity contribution in [1.82, 2.24) is 4.90 Å². The molecule has 0 aliphatic heterocycles. The van der Waals surface area contributed by atoms with Gasteiger partial charge in [-0.2, -0.15) is 0 Å². The lowest BCUT2D eigenvalue weighted by Gasteiger charge is -2.33. The number of quaternary nitrogens is 1. The molecule has 0 aliphatic carbocycles. The molecule has 0 aromatic heterocycles. The van der Waals surface area contributed by atoms with Crippen molar-refractivity contribution in [2.75, 3.05) is 46.3 Å². The topological polar surface area (TPSA) is 3.24 Å². The summed E-state index contributed by atoms with van der Waals surface area (Å²) in [6.45, 7) is 16.6. The highest BCUT2D eigenvalue weighted by atomic mass is 15.3. The standard InChI is InChI=1S/C12H29N2/c1-6-13(7-2)11-10-12-14(5,8-3)9-4/h6-12H2,1-5H3/q+1. The Bertz CT molecular complexity index is 126. The van der Waals surface area contributed by atoms with Gasteiger partial charge < -0.3 is 9.38 Å². The second-order valence-corrected chi connectivity index (χ2v) is 4.36. The van der Waals surface area contributed by atoms with E-state index in [1.54, 1.807) is 0 Å². The molecule has 2 nitrogen and oxygen atoms in total. The van der Waals surface area contributed by atoms with Gasteiger partial charge in [-0.25, -0.2) is 0 Å². The van der Waals surface area contributed by atoms with E-state index in [2.05, 4.69) is 39.6 Å². The maximum Gasteiger partial charge on any atom is 0.0796 e. The van der Waals surface area contributed by atoms with Crippen LogP contribution in [0.15, 0.2) is 0 Å². The van der Waals surface area contributed by atoms with Gasteiger partial charge in [-0.05, 0) is 26.9 Å². The van der Waals surface area contributed by atoms with Gasteiger partial charge in [0, 0.05) is 13.0 Å². The molecule has 0 aromatic carbocycles. The minimum Gasteiger partial charge on any atom is -0.326 e. The summed E-state index contributed by atoms with van der Waals surface area (Å²) in [4.78, 5) is 2.51. The number of rotatable bonds is 8. The number of hydrogen-bond acceptors (Lipinski definition) is 1. The molecular weight excluding hydrogens is 172 g/mol. The number of hydrogen-bond donors (Lipinski definition) is 0. The van der Waals surface area contributed by atoms with Crippen molar-refractivity contribution in [3.05, 3.63) is 0 Å². The van der Waals surface area contributed by atoms with Crippen molar-refractivity contribution < 1.29 is 4.48 Å².